The van der Waals surface area contributed by atoms with Gasteiger partial charge >= 0.3 is 5.97 Å². The second-order valence-corrected chi connectivity index (χ2v) is 5.94. The predicted molar refractivity (Wildman–Crippen MR) is 74.0 cm³/mol. The maximum absolute atomic E-state index is 11.7. The number of carbonyl (C=O) groups excluding carboxylic acids is 1. The lowest BCUT2D eigenvalue weighted by Crippen LogP contribution is -2.47. The van der Waals surface area contributed by atoms with Crippen molar-refractivity contribution in [3.63, 3.8) is 0 Å². The molecule has 0 fully saturated rings. The highest BCUT2D eigenvalue weighted by atomic mass is 32.2. The van der Waals surface area contributed by atoms with E-state index in [1.807, 2.05) is 6.92 Å². The minimum Gasteiger partial charge on any atom is -0.465 e. The third-order valence-corrected chi connectivity index (χ3v) is 3.41. The van der Waals surface area contributed by atoms with Gasteiger partial charge < -0.3 is 15.5 Å². The fourth-order valence-corrected chi connectivity index (χ4v) is 2.71. The Morgan fingerprint density at radius 1 is 1.68 bits per heavy atom. The maximum Gasteiger partial charge on any atom is 0.325 e. The normalized spacial score (nSPS) is 15.6. The smallest absolute Gasteiger partial charge is 0.325 e. The van der Waals surface area contributed by atoms with Gasteiger partial charge in [0.25, 0.3) is 5.56 Å². The van der Waals surface area contributed by atoms with Crippen LogP contribution in [-0.4, -0.2) is 33.3 Å². The van der Waals surface area contributed by atoms with Crippen molar-refractivity contribution in [2.24, 2.45) is 5.73 Å². The van der Waals surface area contributed by atoms with Crippen LogP contribution in [0.3, 0.4) is 0 Å². The first kappa shape index (κ1) is 15.7. The fourth-order valence-electron chi connectivity index (χ4n) is 1.62. The molecule has 3 N–H and O–H groups in total. The van der Waals surface area contributed by atoms with E-state index in [0.717, 1.165) is 0 Å². The number of aromatic nitrogens is 2. The van der Waals surface area contributed by atoms with Gasteiger partial charge in [-0.1, -0.05) is 18.7 Å². The summed E-state index contributed by atoms with van der Waals surface area (Å²) >= 11 is 1.37. The number of H-pyrrole nitrogens is 1. The number of aromatic amines is 1. The molecule has 106 valence electrons. The van der Waals surface area contributed by atoms with Gasteiger partial charge in [-0.25, -0.2) is 4.98 Å². The van der Waals surface area contributed by atoms with Gasteiger partial charge in [-0.2, -0.15) is 0 Å². The molecule has 7 heteroatoms. The number of hydrogen-bond acceptors (Lipinski definition) is 6. The molecule has 1 rings (SSSR count). The summed E-state index contributed by atoms with van der Waals surface area (Å²) in [6.07, 6.45) is 1.87. The zero-order chi connectivity index (χ0) is 14.5. The first-order valence-corrected chi connectivity index (χ1v) is 6.91. The summed E-state index contributed by atoms with van der Waals surface area (Å²) in [4.78, 5) is 29.5. The first-order valence-electron chi connectivity index (χ1n) is 6.03. The Bertz CT molecular complexity index is 487. The molecule has 0 bridgehead atoms. The summed E-state index contributed by atoms with van der Waals surface area (Å²) in [5, 5.41) is 0.532. The predicted octanol–water partition coefficient (Wildman–Crippen LogP) is 0.921. The van der Waals surface area contributed by atoms with E-state index >= 15 is 0 Å². The topological polar surface area (TPSA) is 98.1 Å². The molecule has 0 saturated heterocycles. The molecule has 0 aliphatic heterocycles. The lowest BCUT2D eigenvalue weighted by molar-refractivity contribution is -0.149. The molecule has 19 heavy (non-hydrogen) atoms. The zero-order valence-electron chi connectivity index (χ0n) is 11.3. The number of carbonyl (C=O) groups is 1. The summed E-state index contributed by atoms with van der Waals surface area (Å²) < 4.78 is 4.93. The SMILES string of the molecule is CCOC(=O)C(C)(N)CC(C)Sc1nccc(=O)[nH]1. The summed E-state index contributed by atoms with van der Waals surface area (Å²) in [5.41, 5.74) is 4.70. The van der Waals surface area contributed by atoms with Crippen LogP contribution in [-0.2, 0) is 9.53 Å². The molecule has 6 nitrogen and oxygen atoms in total. The Morgan fingerprint density at radius 3 is 2.95 bits per heavy atom. The molecule has 1 aromatic rings. The van der Waals surface area contributed by atoms with E-state index in [1.54, 1.807) is 13.8 Å². The molecule has 0 aliphatic carbocycles. The van der Waals surface area contributed by atoms with E-state index in [0.29, 0.717) is 18.2 Å². The van der Waals surface area contributed by atoms with Crippen molar-refractivity contribution in [2.75, 3.05) is 6.61 Å². The molecule has 0 spiro atoms. The summed E-state index contributed by atoms with van der Waals surface area (Å²) in [6.45, 7) is 5.61. The van der Waals surface area contributed by atoms with E-state index in [9.17, 15) is 9.59 Å². The Labute approximate surface area is 116 Å². The molecule has 0 aromatic carbocycles. The van der Waals surface area contributed by atoms with Crippen LogP contribution >= 0.6 is 11.8 Å². The third-order valence-electron chi connectivity index (χ3n) is 2.41. The van der Waals surface area contributed by atoms with E-state index in [2.05, 4.69) is 9.97 Å². The Balaban J connectivity index is 2.62. The van der Waals surface area contributed by atoms with Crippen LogP contribution in [0.2, 0.25) is 0 Å². The van der Waals surface area contributed by atoms with Crippen molar-refractivity contribution >= 4 is 17.7 Å². The number of esters is 1. The number of ether oxygens (including phenoxy) is 1. The van der Waals surface area contributed by atoms with E-state index in [-0.39, 0.29) is 10.8 Å². The van der Waals surface area contributed by atoms with Crippen LogP contribution in [0.25, 0.3) is 0 Å². The number of nitrogens with two attached hydrogens (primary N) is 1. The maximum atomic E-state index is 11.7. The lowest BCUT2D eigenvalue weighted by atomic mass is 9.98. The summed E-state index contributed by atoms with van der Waals surface area (Å²) in [6, 6.07) is 1.35. The minimum absolute atomic E-state index is 0.0185. The minimum atomic E-state index is -1.04. The Morgan fingerprint density at radius 2 is 2.37 bits per heavy atom. The van der Waals surface area contributed by atoms with Gasteiger partial charge in [-0.05, 0) is 20.3 Å². The molecule has 2 atom stereocenters. The van der Waals surface area contributed by atoms with Crippen LogP contribution in [0.5, 0.6) is 0 Å². The third kappa shape index (κ3) is 5.04. The molecule has 0 aliphatic rings. The van der Waals surface area contributed by atoms with Crippen LogP contribution in [0.4, 0.5) is 0 Å². The quantitative estimate of drug-likeness (QED) is 0.458. The second kappa shape index (κ2) is 6.72. The van der Waals surface area contributed by atoms with E-state index < -0.39 is 11.5 Å². The number of nitrogens with one attached hydrogen (secondary N) is 1. The van der Waals surface area contributed by atoms with Crippen molar-refractivity contribution in [3.05, 3.63) is 22.6 Å². The van der Waals surface area contributed by atoms with Crippen LogP contribution < -0.4 is 11.3 Å². The molecule has 0 radical (unpaired) electrons. The molecule has 0 saturated carbocycles. The van der Waals surface area contributed by atoms with Crippen molar-refractivity contribution in [1.29, 1.82) is 0 Å². The highest BCUT2D eigenvalue weighted by Gasteiger charge is 2.32. The first-order chi connectivity index (χ1) is 8.85. The average molecular weight is 285 g/mol. The molecular weight excluding hydrogens is 266 g/mol. The van der Waals surface area contributed by atoms with Gasteiger partial charge in [-0.15, -0.1) is 0 Å². The van der Waals surface area contributed by atoms with Crippen LogP contribution in [0, 0.1) is 0 Å². The largest absolute Gasteiger partial charge is 0.465 e. The fraction of sp³-hybridized carbons (Fsp3) is 0.583. The molecule has 1 aromatic heterocycles. The Hall–Kier alpha value is -1.34. The highest BCUT2D eigenvalue weighted by Crippen LogP contribution is 2.25. The number of hydrogen-bond donors (Lipinski definition) is 2. The summed E-state index contributed by atoms with van der Waals surface area (Å²) in [7, 11) is 0. The zero-order valence-corrected chi connectivity index (χ0v) is 12.1. The van der Waals surface area contributed by atoms with Crippen LogP contribution in [0.15, 0.2) is 22.2 Å². The van der Waals surface area contributed by atoms with Crippen molar-refractivity contribution in [1.82, 2.24) is 9.97 Å². The monoisotopic (exact) mass is 285 g/mol. The van der Waals surface area contributed by atoms with Crippen LogP contribution in [0.1, 0.15) is 27.2 Å². The van der Waals surface area contributed by atoms with Crippen molar-refractivity contribution in [2.45, 2.75) is 43.1 Å². The van der Waals surface area contributed by atoms with Crippen molar-refractivity contribution < 1.29 is 9.53 Å². The molecule has 0 amide bonds. The number of rotatable bonds is 6. The standard InChI is InChI=1S/C12H19N3O3S/c1-4-18-10(17)12(3,13)7-8(2)19-11-14-6-5-9(16)15-11/h5-6,8H,4,7,13H2,1-3H3,(H,14,15,16). The Kier molecular flexibility index (Phi) is 5.56. The average Bonchev–Trinajstić information content (AvgIpc) is 2.28. The van der Waals surface area contributed by atoms with Gasteiger partial charge in [0.15, 0.2) is 5.16 Å². The lowest BCUT2D eigenvalue weighted by Gasteiger charge is -2.25. The second-order valence-electron chi connectivity index (χ2n) is 4.51. The number of nitrogens with zero attached hydrogens (tertiary/aromatic N) is 1. The summed E-state index contributed by atoms with van der Waals surface area (Å²) in [5.74, 6) is -0.419. The van der Waals surface area contributed by atoms with Gasteiger partial charge in [0.2, 0.25) is 0 Å². The highest BCUT2D eigenvalue weighted by molar-refractivity contribution is 7.99. The van der Waals surface area contributed by atoms with Gasteiger partial charge in [0.1, 0.15) is 5.54 Å². The van der Waals surface area contributed by atoms with Gasteiger partial charge in [-0.3, -0.25) is 9.59 Å². The molecule has 2 unspecified atom stereocenters. The van der Waals surface area contributed by atoms with E-state index in [1.165, 1.54) is 24.0 Å². The van der Waals surface area contributed by atoms with Gasteiger partial charge in [0, 0.05) is 17.5 Å². The van der Waals surface area contributed by atoms with Crippen molar-refractivity contribution in [3.8, 4) is 0 Å². The van der Waals surface area contributed by atoms with Gasteiger partial charge in [0.05, 0.1) is 6.61 Å². The molecular formula is C12H19N3O3S. The number of thioether (sulfide) groups is 1. The van der Waals surface area contributed by atoms with E-state index in [4.69, 9.17) is 10.5 Å². The molecule has 1 heterocycles.